The largest absolute Gasteiger partial charge is 0.491 e. The Morgan fingerprint density at radius 2 is 2.03 bits per heavy atom. The number of fused-ring (bicyclic) bond motifs is 1. The fourth-order valence-corrected chi connectivity index (χ4v) is 3.59. The van der Waals surface area contributed by atoms with E-state index >= 15 is 0 Å². The molecular weight excluding hydrogens is 406 g/mol. The van der Waals surface area contributed by atoms with Crippen molar-refractivity contribution in [2.24, 2.45) is 5.92 Å². The molecule has 0 aliphatic heterocycles. The van der Waals surface area contributed by atoms with Crippen LogP contribution in [0.4, 0.5) is 5.82 Å². The number of nitrogens with zero attached hydrogens (tertiary/aromatic N) is 4. The number of rotatable bonds is 8. The van der Waals surface area contributed by atoms with Gasteiger partial charge in [0.15, 0.2) is 5.82 Å². The van der Waals surface area contributed by atoms with Crippen molar-refractivity contribution in [3.05, 3.63) is 29.6 Å². The number of carbonyl (C=O) groups is 1. The van der Waals surface area contributed by atoms with E-state index < -0.39 is 6.10 Å². The maximum atomic E-state index is 12.5. The first-order valence-electron chi connectivity index (χ1n) is 11.2. The first kappa shape index (κ1) is 23.9. The number of aliphatic hydroxyl groups is 1. The van der Waals surface area contributed by atoms with E-state index in [1.165, 1.54) is 0 Å². The Kier molecular flexibility index (Phi) is 7.33. The molecule has 8 nitrogen and oxygen atoms in total. The summed E-state index contributed by atoms with van der Waals surface area (Å²) in [6.45, 7) is 10.2. The lowest BCUT2D eigenvalue weighted by molar-refractivity contribution is -0.121. The molecule has 1 amide bonds. The monoisotopic (exact) mass is 441 g/mol. The van der Waals surface area contributed by atoms with Crippen molar-refractivity contribution < 1.29 is 14.6 Å². The van der Waals surface area contributed by atoms with Crippen molar-refractivity contribution in [1.82, 2.24) is 20.3 Å². The maximum Gasteiger partial charge on any atom is 0.239 e. The Morgan fingerprint density at radius 1 is 1.28 bits per heavy atom. The normalized spacial score (nSPS) is 14.2. The highest BCUT2D eigenvalue weighted by Gasteiger charge is 2.24. The van der Waals surface area contributed by atoms with E-state index in [4.69, 9.17) is 14.7 Å². The van der Waals surface area contributed by atoms with Crippen LogP contribution in [0.15, 0.2) is 18.3 Å². The first-order chi connectivity index (χ1) is 15.0. The molecule has 2 heterocycles. The summed E-state index contributed by atoms with van der Waals surface area (Å²) < 4.78 is 5.75. The molecule has 32 heavy (non-hydrogen) atoms. The van der Waals surface area contributed by atoms with Crippen LogP contribution in [0.1, 0.15) is 52.3 Å². The number of likely N-dealkylation sites (N-methyl/N-ethyl adjacent to an activating group) is 1. The van der Waals surface area contributed by atoms with Gasteiger partial charge >= 0.3 is 0 Å². The van der Waals surface area contributed by atoms with Crippen LogP contribution < -0.4 is 15.0 Å². The summed E-state index contributed by atoms with van der Waals surface area (Å²) in [5.41, 5.74) is 2.43. The number of anilines is 1. The van der Waals surface area contributed by atoms with Crippen molar-refractivity contribution in [1.29, 1.82) is 0 Å². The van der Waals surface area contributed by atoms with Gasteiger partial charge < -0.3 is 20.1 Å². The van der Waals surface area contributed by atoms with E-state index in [2.05, 4.69) is 10.3 Å². The van der Waals surface area contributed by atoms with Crippen molar-refractivity contribution in [2.75, 3.05) is 25.1 Å². The minimum absolute atomic E-state index is 0.0517. The highest BCUT2D eigenvalue weighted by atomic mass is 16.5. The lowest BCUT2D eigenvalue weighted by atomic mass is 10.1. The summed E-state index contributed by atoms with van der Waals surface area (Å²) in [6, 6.07) is 3.55. The Balaban J connectivity index is 1.85. The number of ether oxygens (including phenoxy) is 1. The van der Waals surface area contributed by atoms with Crippen molar-refractivity contribution in [2.45, 2.75) is 65.5 Å². The number of hydrogen-bond acceptors (Lipinski definition) is 7. The molecule has 0 radical (unpaired) electrons. The predicted molar refractivity (Wildman–Crippen MR) is 125 cm³/mol. The van der Waals surface area contributed by atoms with Crippen LogP contribution in [-0.4, -0.2) is 57.8 Å². The Bertz CT molecular complexity index is 955. The third-order valence-corrected chi connectivity index (χ3v) is 5.32. The molecule has 0 spiro atoms. The van der Waals surface area contributed by atoms with Gasteiger partial charge in [-0.05, 0) is 52.0 Å². The summed E-state index contributed by atoms with van der Waals surface area (Å²) in [5, 5.41) is 13.0. The Hall–Kier alpha value is -2.74. The van der Waals surface area contributed by atoms with Gasteiger partial charge in [0.2, 0.25) is 5.91 Å². The molecule has 0 bridgehead atoms. The number of nitrogens with one attached hydrogen (secondary N) is 1. The van der Waals surface area contributed by atoms with Crippen LogP contribution in [0.25, 0.3) is 11.5 Å². The minimum atomic E-state index is -0.539. The van der Waals surface area contributed by atoms with Crippen LogP contribution in [0.3, 0.4) is 0 Å². The summed E-state index contributed by atoms with van der Waals surface area (Å²) in [6.07, 6.45) is 3.92. The molecule has 1 aliphatic rings. The van der Waals surface area contributed by atoms with Crippen molar-refractivity contribution in [3.63, 3.8) is 0 Å². The molecule has 2 N–H and O–H groups in total. The summed E-state index contributed by atoms with van der Waals surface area (Å²) >= 11 is 0. The van der Waals surface area contributed by atoms with E-state index in [1.807, 2.05) is 46.6 Å². The molecule has 1 aliphatic carbocycles. The Morgan fingerprint density at radius 3 is 2.72 bits per heavy atom. The summed E-state index contributed by atoms with van der Waals surface area (Å²) in [5.74, 6) is 1.96. The average Bonchev–Trinajstić information content (AvgIpc) is 3.18. The van der Waals surface area contributed by atoms with Crippen LogP contribution in [0, 0.1) is 5.92 Å². The number of carbonyl (C=O) groups excluding carboxylic acids is 1. The standard InChI is InChI=1S/C24H35N5O3/c1-15(2)20(30)14-32-16-10-11-25-19(12-16)22-26-18-9-7-8-17(18)23(27-22)29(6)13-21(31)28-24(3,4)5/h10-12,15,20,30H,7-9,13-14H2,1-6H3,(H,28,31)/t20-/m0/s1. The smallest absolute Gasteiger partial charge is 0.239 e. The number of aliphatic hydroxyl groups excluding tert-OH is 1. The topological polar surface area (TPSA) is 100 Å². The van der Waals surface area contributed by atoms with Crippen LogP contribution in [0.5, 0.6) is 5.75 Å². The molecule has 0 fully saturated rings. The van der Waals surface area contributed by atoms with Crippen molar-refractivity contribution in [3.8, 4) is 17.3 Å². The molecule has 1 atom stereocenters. The summed E-state index contributed by atoms with van der Waals surface area (Å²) in [4.78, 5) is 28.4. The highest BCUT2D eigenvalue weighted by Crippen LogP contribution is 2.31. The molecule has 0 aromatic carbocycles. The molecule has 2 aromatic rings. The Labute approximate surface area is 190 Å². The SMILES string of the molecule is CC(C)[C@@H](O)COc1ccnc(-c2nc3c(c(N(C)CC(=O)NC(C)(C)C)n2)CCC3)c1. The number of aryl methyl sites for hydroxylation is 1. The number of amides is 1. The molecule has 2 aromatic heterocycles. The van der Waals surface area contributed by atoms with Crippen LogP contribution in [0.2, 0.25) is 0 Å². The van der Waals surface area contributed by atoms with Crippen LogP contribution >= 0.6 is 0 Å². The second-order valence-electron chi connectivity index (χ2n) is 9.80. The van der Waals surface area contributed by atoms with Gasteiger partial charge in [0, 0.05) is 36.1 Å². The zero-order valence-electron chi connectivity index (χ0n) is 20.0. The molecule has 174 valence electrons. The molecule has 0 unspecified atom stereocenters. The predicted octanol–water partition coefficient (Wildman–Crippen LogP) is 2.77. The quantitative estimate of drug-likeness (QED) is 0.650. The highest BCUT2D eigenvalue weighted by molar-refractivity contribution is 5.82. The molecule has 0 saturated carbocycles. The number of aromatic nitrogens is 3. The van der Waals surface area contributed by atoms with Gasteiger partial charge in [-0.1, -0.05) is 13.8 Å². The van der Waals surface area contributed by atoms with Crippen molar-refractivity contribution >= 4 is 11.7 Å². The fraction of sp³-hybridized carbons (Fsp3) is 0.583. The van der Waals surface area contributed by atoms with Gasteiger partial charge in [0.1, 0.15) is 23.9 Å². The first-order valence-corrected chi connectivity index (χ1v) is 11.2. The second kappa shape index (κ2) is 9.81. The van der Waals surface area contributed by atoms with Gasteiger partial charge in [-0.15, -0.1) is 0 Å². The summed E-state index contributed by atoms with van der Waals surface area (Å²) in [7, 11) is 1.88. The molecule has 8 heteroatoms. The molecular formula is C24H35N5O3. The lowest BCUT2D eigenvalue weighted by Crippen LogP contribution is -2.45. The van der Waals surface area contributed by atoms with E-state index in [0.29, 0.717) is 17.3 Å². The third kappa shape index (κ3) is 6.16. The number of pyridine rings is 1. The van der Waals surface area contributed by atoms with E-state index in [-0.39, 0.29) is 30.5 Å². The van der Waals surface area contributed by atoms with E-state index in [1.54, 1.807) is 18.3 Å². The zero-order valence-corrected chi connectivity index (χ0v) is 20.0. The fourth-order valence-electron chi connectivity index (χ4n) is 3.59. The van der Waals surface area contributed by atoms with E-state index in [9.17, 15) is 9.90 Å². The molecule has 0 saturated heterocycles. The third-order valence-electron chi connectivity index (χ3n) is 5.32. The minimum Gasteiger partial charge on any atom is -0.491 e. The van der Waals surface area contributed by atoms with E-state index in [0.717, 1.165) is 36.3 Å². The van der Waals surface area contributed by atoms with Gasteiger partial charge in [-0.3, -0.25) is 9.78 Å². The van der Waals surface area contributed by atoms with Gasteiger partial charge in [0.05, 0.1) is 12.6 Å². The number of hydrogen-bond donors (Lipinski definition) is 2. The van der Waals surface area contributed by atoms with Gasteiger partial charge in [-0.25, -0.2) is 9.97 Å². The maximum absolute atomic E-state index is 12.5. The lowest BCUT2D eigenvalue weighted by Gasteiger charge is -2.25. The van der Waals surface area contributed by atoms with Gasteiger partial charge in [-0.2, -0.15) is 0 Å². The average molecular weight is 442 g/mol. The zero-order chi connectivity index (χ0) is 23.5. The molecule has 3 rings (SSSR count). The van der Waals surface area contributed by atoms with Crippen LogP contribution in [-0.2, 0) is 17.6 Å². The second-order valence-corrected chi connectivity index (χ2v) is 9.80. The van der Waals surface area contributed by atoms with Gasteiger partial charge in [0.25, 0.3) is 0 Å².